The van der Waals surface area contributed by atoms with E-state index in [2.05, 4.69) is 42.9 Å². The third-order valence-electron chi connectivity index (χ3n) is 4.52. The Balaban J connectivity index is 1.43. The number of nitrogens with zero attached hydrogens (tertiary/aromatic N) is 1. The first-order valence-electron chi connectivity index (χ1n) is 8.66. The molecule has 25 heavy (non-hydrogen) atoms. The lowest BCUT2D eigenvalue weighted by molar-refractivity contribution is 0.167. The van der Waals surface area contributed by atoms with Gasteiger partial charge in [0.15, 0.2) is 0 Å². The molecule has 4 nitrogen and oxygen atoms in total. The summed E-state index contributed by atoms with van der Waals surface area (Å²) in [6.07, 6.45) is 2.36. The van der Waals surface area contributed by atoms with Crippen LogP contribution < -0.4 is 10.6 Å². The second-order valence-electron chi connectivity index (χ2n) is 6.64. The Kier molecular flexibility index (Phi) is 6.51. The molecule has 1 fully saturated rings. The Bertz CT molecular complexity index is 701. The summed E-state index contributed by atoms with van der Waals surface area (Å²) in [6.45, 7) is 5.92. The van der Waals surface area contributed by atoms with E-state index in [-0.39, 0.29) is 6.03 Å². The number of thiophene rings is 1. The van der Waals surface area contributed by atoms with Crippen molar-refractivity contribution in [2.75, 3.05) is 25.0 Å². The van der Waals surface area contributed by atoms with Crippen LogP contribution in [0.2, 0.25) is 0 Å². The summed E-state index contributed by atoms with van der Waals surface area (Å²) in [5, 5.41) is 8.04. The van der Waals surface area contributed by atoms with Crippen LogP contribution in [0.4, 0.5) is 10.5 Å². The van der Waals surface area contributed by atoms with E-state index in [4.69, 9.17) is 0 Å². The minimum absolute atomic E-state index is 0.123. The number of piperidine rings is 1. The number of carbonyl (C=O) groups excluding carboxylic acids is 1. The van der Waals surface area contributed by atoms with E-state index >= 15 is 0 Å². The van der Waals surface area contributed by atoms with Gasteiger partial charge in [0.2, 0.25) is 0 Å². The highest BCUT2D eigenvalue weighted by Gasteiger charge is 2.21. The van der Waals surface area contributed by atoms with Crippen molar-refractivity contribution in [2.24, 2.45) is 5.92 Å². The fourth-order valence-corrected chi connectivity index (χ4v) is 4.67. The summed E-state index contributed by atoms with van der Waals surface area (Å²) in [5.74, 6) is 0.510. The quantitative estimate of drug-likeness (QED) is 0.724. The van der Waals surface area contributed by atoms with E-state index < -0.39 is 0 Å². The van der Waals surface area contributed by atoms with Crippen LogP contribution in [0, 0.1) is 12.8 Å². The molecular formula is C19H24BrN3OS. The van der Waals surface area contributed by atoms with Crippen LogP contribution in [0.5, 0.6) is 0 Å². The van der Waals surface area contributed by atoms with Gasteiger partial charge in [-0.25, -0.2) is 4.79 Å². The van der Waals surface area contributed by atoms with Gasteiger partial charge in [-0.15, -0.1) is 11.3 Å². The predicted molar refractivity (Wildman–Crippen MR) is 108 cm³/mol. The van der Waals surface area contributed by atoms with E-state index in [0.29, 0.717) is 5.92 Å². The van der Waals surface area contributed by atoms with Gasteiger partial charge in [-0.05, 0) is 71.7 Å². The molecule has 0 radical (unpaired) electrons. The molecule has 0 spiro atoms. The summed E-state index contributed by atoms with van der Waals surface area (Å²) in [4.78, 5) is 16.0. The van der Waals surface area contributed by atoms with Crippen LogP contribution in [0.1, 0.15) is 23.3 Å². The Hall–Kier alpha value is -1.37. The number of amides is 2. The Morgan fingerprint density at radius 3 is 2.84 bits per heavy atom. The van der Waals surface area contributed by atoms with Crippen molar-refractivity contribution in [2.45, 2.75) is 26.3 Å². The lowest BCUT2D eigenvalue weighted by Gasteiger charge is -2.32. The van der Waals surface area contributed by atoms with Gasteiger partial charge in [0.1, 0.15) is 0 Å². The second-order valence-corrected chi connectivity index (χ2v) is 8.49. The summed E-state index contributed by atoms with van der Waals surface area (Å²) in [6, 6.07) is 9.83. The number of anilines is 1. The van der Waals surface area contributed by atoms with Crippen LogP contribution in [-0.2, 0) is 6.54 Å². The zero-order valence-corrected chi connectivity index (χ0v) is 16.8. The molecule has 2 amide bonds. The smallest absolute Gasteiger partial charge is 0.319 e. The number of nitrogens with one attached hydrogen (secondary N) is 2. The Morgan fingerprint density at radius 1 is 1.32 bits per heavy atom. The normalized spacial score (nSPS) is 18.1. The molecule has 2 aromatic rings. The molecule has 1 aliphatic rings. The van der Waals surface area contributed by atoms with Crippen molar-refractivity contribution < 1.29 is 4.79 Å². The molecule has 6 heteroatoms. The first-order valence-corrected chi connectivity index (χ1v) is 10.3. The second kappa shape index (κ2) is 8.83. The molecule has 1 aliphatic heterocycles. The van der Waals surface area contributed by atoms with E-state index in [9.17, 15) is 4.79 Å². The van der Waals surface area contributed by atoms with E-state index in [1.807, 2.05) is 31.2 Å². The van der Waals surface area contributed by atoms with Gasteiger partial charge in [-0.2, -0.15) is 0 Å². The minimum Gasteiger partial charge on any atom is -0.338 e. The van der Waals surface area contributed by atoms with Crippen LogP contribution in [0.3, 0.4) is 0 Å². The maximum atomic E-state index is 12.1. The topological polar surface area (TPSA) is 44.4 Å². The summed E-state index contributed by atoms with van der Waals surface area (Å²) < 4.78 is 1.20. The van der Waals surface area contributed by atoms with Crippen LogP contribution in [0.25, 0.3) is 0 Å². The van der Waals surface area contributed by atoms with E-state index in [0.717, 1.165) is 31.9 Å². The van der Waals surface area contributed by atoms with Crippen LogP contribution in [-0.4, -0.2) is 30.6 Å². The van der Waals surface area contributed by atoms with Gasteiger partial charge in [0, 0.05) is 34.7 Å². The highest BCUT2D eigenvalue weighted by molar-refractivity contribution is 9.10. The van der Waals surface area contributed by atoms with E-state index in [1.165, 1.54) is 27.8 Å². The fourth-order valence-electron chi connectivity index (χ4n) is 3.15. The molecule has 2 N–H and O–H groups in total. The van der Waals surface area contributed by atoms with Crippen molar-refractivity contribution in [1.29, 1.82) is 0 Å². The first-order chi connectivity index (χ1) is 12.1. The van der Waals surface area contributed by atoms with Crippen molar-refractivity contribution >= 4 is 39.0 Å². The number of benzene rings is 1. The maximum absolute atomic E-state index is 12.1. The predicted octanol–water partition coefficient (Wildman–Crippen LogP) is 4.85. The minimum atomic E-state index is -0.123. The number of likely N-dealkylation sites (tertiary alicyclic amines) is 1. The molecule has 0 aliphatic carbocycles. The number of carbonyl (C=O) groups is 1. The first kappa shape index (κ1) is 18.4. The Morgan fingerprint density at radius 2 is 2.12 bits per heavy atom. The van der Waals surface area contributed by atoms with Gasteiger partial charge in [0.05, 0.1) is 0 Å². The monoisotopic (exact) mass is 421 g/mol. The molecule has 1 saturated heterocycles. The number of hydrogen-bond donors (Lipinski definition) is 2. The van der Waals surface area contributed by atoms with Gasteiger partial charge in [0.25, 0.3) is 0 Å². The van der Waals surface area contributed by atoms with Crippen LogP contribution >= 0.6 is 27.3 Å². The molecule has 3 rings (SSSR count). The highest BCUT2D eigenvalue weighted by atomic mass is 79.9. The lowest BCUT2D eigenvalue weighted by Crippen LogP contribution is -2.41. The average molecular weight is 422 g/mol. The van der Waals surface area contributed by atoms with E-state index in [1.54, 1.807) is 11.3 Å². The molecule has 2 heterocycles. The molecular weight excluding hydrogens is 398 g/mol. The summed E-state index contributed by atoms with van der Waals surface area (Å²) >= 11 is 5.41. The largest absolute Gasteiger partial charge is 0.338 e. The summed E-state index contributed by atoms with van der Waals surface area (Å²) in [7, 11) is 0. The molecule has 0 saturated carbocycles. The molecule has 0 bridgehead atoms. The molecule has 1 aromatic carbocycles. The molecule has 1 unspecified atom stereocenters. The molecule has 1 aromatic heterocycles. The van der Waals surface area contributed by atoms with Gasteiger partial charge < -0.3 is 10.6 Å². The summed E-state index contributed by atoms with van der Waals surface area (Å²) in [5.41, 5.74) is 2.02. The molecule has 1 atom stereocenters. The Labute approximate surface area is 161 Å². The number of rotatable bonds is 5. The maximum Gasteiger partial charge on any atom is 0.319 e. The zero-order valence-electron chi connectivity index (χ0n) is 14.4. The lowest BCUT2D eigenvalue weighted by atomic mass is 9.98. The third-order valence-corrected chi connectivity index (χ3v) is 6.43. The number of halogens is 1. The third kappa shape index (κ3) is 5.56. The van der Waals surface area contributed by atoms with Crippen LogP contribution in [0.15, 0.2) is 40.2 Å². The SMILES string of the molecule is Cc1ccc(NC(=O)NCC2CCCN(Cc3sccc3Br)C2)cc1. The standard InChI is InChI=1S/C19H24BrN3OS/c1-14-4-6-16(7-5-14)22-19(24)21-11-15-3-2-9-23(12-15)13-18-17(20)8-10-25-18/h4-8,10,15H,2-3,9,11-13H2,1H3,(H2,21,22,24). The van der Waals surface area contributed by atoms with Crippen molar-refractivity contribution in [1.82, 2.24) is 10.2 Å². The number of urea groups is 1. The van der Waals surface area contributed by atoms with Gasteiger partial charge >= 0.3 is 6.03 Å². The van der Waals surface area contributed by atoms with Crippen molar-refractivity contribution in [3.63, 3.8) is 0 Å². The number of hydrogen-bond acceptors (Lipinski definition) is 3. The van der Waals surface area contributed by atoms with Gasteiger partial charge in [-0.3, -0.25) is 4.90 Å². The molecule has 134 valence electrons. The van der Waals surface area contributed by atoms with Crippen molar-refractivity contribution in [3.05, 3.63) is 50.6 Å². The zero-order chi connectivity index (χ0) is 17.6. The van der Waals surface area contributed by atoms with Gasteiger partial charge in [-0.1, -0.05) is 17.7 Å². The number of aryl methyl sites for hydroxylation is 1. The van der Waals surface area contributed by atoms with Crippen molar-refractivity contribution in [3.8, 4) is 0 Å². The fraction of sp³-hybridized carbons (Fsp3) is 0.421. The highest BCUT2D eigenvalue weighted by Crippen LogP contribution is 2.26. The average Bonchev–Trinajstić information content (AvgIpc) is 3.00.